The lowest BCUT2D eigenvalue weighted by molar-refractivity contribution is 0.167. The summed E-state index contributed by atoms with van der Waals surface area (Å²) >= 11 is 0. The number of aromatic nitrogens is 2. The molecule has 0 saturated heterocycles. The molecule has 5 nitrogen and oxygen atoms in total. The van der Waals surface area contributed by atoms with Crippen LogP contribution in [0.1, 0.15) is 40.3 Å². The molecule has 1 N–H and O–H groups in total. The third-order valence-corrected chi connectivity index (χ3v) is 8.63. The Labute approximate surface area is 129 Å². The van der Waals surface area contributed by atoms with Gasteiger partial charge in [0.2, 0.25) is 5.88 Å². The predicted octanol–water partition coefficient (Wildman–Crippen LogP) is 3.18. The van der Waals surface area contributed by atoms with Crippen molar-refractivity contribution >= 4 is 8.32 Å². The summed E-state index contributed by atoms with van der Waals surface area (Å²) in [6.07, 6.45) is 0.0468. The molecule has 1 atom stereocenters. The fraction of sp³-hybridized carbons (Fsp3) is 0.800. The van der Waals surface area contributed by atoms with Crippen LogP contribution in [0.5, 0.6) is 5.88 Å². The first-order valence-electron chi connectivity index (χ1n) is 7.59. The van der Waals surface area contributed by atoms with Gasteiger partial charge in [0.15, 0.2) is 8.32 Å². The monoisotopic (exact) mass is 314 g/mol. The zero-order valence-corrected chi connectivity index (χ0v) is 15.4. The zero-order chi connectivity index (χ0) is 16.3. The highest BCUT2D eigenvalue weighted by atomic mass is 28.4. The largest absolute Gasteiger partial charge is 0.477 e. The smallest absolute Gasteiger partial charge is 0.233 e. The maximum Gasteiger partial charge on any atom is 0.233 e. The van der Waals surface area contributed by atoms with Gasteiger partial charge in [-0.05, 0) is 32.0 Å². The molecule has 0 aromatic carbocycles. The molecule has 1 aromatic heterocycles. The van der Waals surface area contributed by atoms with Crippen LogP contribution < -0.4 is 4.74 Å². The van der Waals surface area contributed by atoms with Gasteiger partial charge in [-0.2, -0.15) is 0 Å². The second-order valence-corrected chi connectivity index (χ2v) is 11.7. The van der Waals surface area contributed by atoms with Gasteiger partial charge in [0.05, 0.1) is 31.6 Å². The van der Waals surface area contributed by atoms with Gasteiger partial charge >= 0.3 is 0 Å². The summed E-state index contributed by atoms with van der Waals surface area (Å²) < 4.78 is 13.5. The van der Waals surface area contributed by atoms with Gasteiger partial charge in [0.25, 0.3) is 0 Å². The molecule has 0 fully saturated rings. The van der Waals surface area contributed by atoms with E-state index in [1.165, 1.54) is 0 Å². The lowest BCUT2D eigenvalue weighted by Crippen LogP contribution is -2.44. The minimum absolute atomic E-state index is 0.0468. The van der Waals surface area contributed by atoms with Crippen LogP contribution in [0.2, 0.25) is 18.1 Å². The van der Waals surface area contributed by atoms with Crippen LogP contribution in [0, 0.1) is 0 Å². The Morgan fingerprint density at radius 1 is 1.38 bits per heavy atom. The molecule has 122 valence electrons. The summed E-state index contributed by atoms with van der Waals surface area (Å²) in [4.78, 5) is 0. The molecule has 0 bridgehead atoms. The third kappa shape index (κ3) is 4.83. The van der Waals surface area contributed by atoms with Crippen molar-refractivity contribution in [3.63, 3.8) is 0 Å². The van der Waals surface area contributed by atoms with Crippen molar-refractivity contribution < 1.29 is 14.3 Å². The van der Waals surface area contributed by atoms with E-state index in [2.05, 4.69) is 45.9 Å². The molecule has 21 heavy (non-hydrogen) atoms. The summed E-state index contributed by atoms with van der Waals surface area (Å²) in [6.45, 7) is 16.3. The molecular formula is C15H30N2O3Si. The molecule has 0 aliphatic carbocycles. The predicted molar refractivity (Wildman–Crippen MR) is 87.1 cm³/mol. The highest BCUT2D eigenvalue weighted by molar-refractivity contribution is 6.74. The van der Waals surface area contributed by atoms with Crippen LogP contribution in [-0.2, 0) is 17.6 Å². The van der Waals surface area contributed by atoms with Crippen molar-refractivity contribution in [1.29, 1.82) is 0 Å². The number of rotatable bonds is 7. The van der Waals surface area contributed by atoms with E-state index in [-0.39, 0.29) is 17.7 Å². The Morgan fingerprint density at radius 2 is 2.00 bits per heavy atom. The van der Waals surface area contributed by atoms with Gasteiger partial charge in [0, 0.05) is 6.07 Å². The average Bonchev–Trinajstić information content (AvgIpc) is 2.69. The maximum absolute atomic E-state index is 9.43. The third-order valence-electron chi connectivity index (χ3n) is 4.03. The Balaban J connectivity index is 2.76. The lowest BCUT2D eigenvalue weighted by Gasteiger charge is -2.38. The van der Waals surface area contributed by atoms with Crippen molar-refractivity contribution in [1.82, 2.24) is 9.78 Å². The summed E-state index contributed by atoms with van der Waals surface area (Å²) in [7, 11) is -1.79. The van der Waals surface area contributed by atoms with Crippen LogP contribution in [0.15, 0.2) is 6.07 Å². The van der Waals surface area contributed by atoms with Crippen molar-refractivity contribution in [2.75, 3.05) is 6.61 Å². The van der Waals surface area contributed by atoms with E-state index in [0.717, 1.165) is 5.69 Å². The van der Waals surface area contributed by atoms with Gasteiger partial charge in [0.1, 0.15) is 0 Å². The molecular weight excluding hydrogens is 284 g/mol. The second kappa shape index (κ2) is 6.94. The van der Waals surface area contributed by atoms with Gasteiger partial charge < -0.3 is 14.3 Å². The number of nitrogens with zero attached hydrogens (tertiary/aromatic N) is 2. The van der Waals surface area contributed by atoms with E-state index < -0.39 is 8.32 Å². The number of aliphatic hydroxyl groups is 1. The van der Waals surface area contributed by atoms with Crippen LogP contribution in [0.25, 0.3) is 0 Å². The van der Waals surface area contributed by atoms with E-state index in [1.54, 1.807) is 10.7 Å². The van der Waals surface area contributed by atoms with E-state index in [4.69, 9.17) is 9.16 Å². The topological polar surface area (TPSA) is 56.5 Å². The van der Waals surface area contributed by atoms with Gasteiger partial charge in [-0.3, -0.25) is 4.68 Å². The normalized spacial score (nSPS) is 14.3. The molecule has 1 heterocycles. The van der Waals surface area contributed by atoms with Crippen molar-refractivity contribution in [2.24, 2.45) is 0 Å². The molecule has 0 amide bonds. The molecule has 0 radical (unpaired) electrons. The van der Waals surface area contributed by atoms with Crippen molar-refractivity contribution in [3.05, 3.63) is 11.8 Å². The molecule has 0 saturated carbocycles. The Bertz CT molecular complexity index is 452. The van der Waals surface area contributed by atoms with Crippen molar-refractivity contribution in [3.8, 4) is 5.88 Å². The van der Waals surface area contributed by atoms with Crippen LogP contribution in [-0.4, -0.2) is 35.9 Å². The summed E-state index contributed by atoms with van der Waals surface area (Å²) in [5.74, 6) is 0.557. The molecule has 1 rings (SSSR count). The maximum atomic E-state index is 9.43. The first kappa shape index (κ1) is 18.2. The van der Waals surface area contributed by atoms with Crippen molar-refractivity contribution in [2.45, 2.75) is 72.0 Å². The highest BCUT2D eigenvalue weighted by Crippen LogP contribution is 2.37. The van der Waals surface area contributed by atoms with E-state index >= 15 is 0 Å². The number of ether oxygens (including phenoxy) is 1. The average molecular weight is 315 g/mol. The first-order chi connectivity index (χ1) is 9.60. The molecule has 1 aromatic rings. The van der Waals surface area contributed by atoms with Crippen LogP contribution >= 0.6 is 0 Å². The lowest BCUT2D eigenvalue weighted by atomic mass is 10.2. The summed E-state index contributed by atoms with van der Waals surface area (Å²) in [5.41, 5.74) is 0.754. The van der Waals surface area contributed by atoms with E-state index in [1.807, 2.05) is 6.92 Å². The Morgan fingerprint density at radius 3 is 2.48 bits per heavy atom. The highest BCUT2D eigenvalue weighted by Gasteiger charge is 2.38. The molecule has 0 spiro atoms. The fourth-order valence-electron chi connectivity index (χ4n) is 1.89. The molecule has 0 unspecified atom stereocenters. The van der Waals surface area contributed by atoms with Crippen LogP contribution in [0.3, 0.4) is 0 Å². The Kier molecular flexibility index (Phi) is 6.01. The SMILES string of the molecule is CCOc1cc(CO)n(C[C@H](C)O[Si](C)(C)C(C)(C)C)n1. The molecule has 0 aliphatic rings. The second-order valence-electron chi connectivity index (χ2n) is 6.94. The summed E-state index contributed by atoms with van der Waals surface area (Å²) in [6, 6.07) is 1.78. The minimum Gasteiger partial charge on any atom is -0.477 e. The molecule has 0 aliphatic heterocycles. The van der Waals surface area contributed by atoms with Gasteiger partial charge in [-0.15, -0.1) is 5.10 Å². The zero-order valence-electron chi connectivity index (χ0n) is 14.4. The van der Waals surface area contributed by atoms with Gasteiger partial charge in [-0.1, -0.05) is 20.8 Å². The number of hydrogen-bond acceptors (Lipinski definition) is 4. The van der Waals surface area contributed by atoms with Gasteiger partial charge in [-0.25, -0.2) is 0 Å². The number of aliphatic hydroxyl groups excluding tert-OH is 1. The standard InChI is InChI=1S/C15H30N2O3Si/c1-8-19-14-9-13(11-18)17(16-14)10-12(2)20-21(6,7)15(3,4)5/h9,12,18H,8,10-11H2,1-7H3/t12-/m0/s1. The number of hydrogen-bond donors (Lipinski definition) is 1. The van der Waals surface area contributed by atoms with Crippen LogP contribution in [0.4, 0.5) is 0 Å². The minimum atomic E-state index is -1.79. The quantitative estimate of drug-likeness (QED) is 0.785. The molecule has 6 heteroatoms. The summed E-state index contributed by atoms with van der Waals surface area (Å²) in [5, 5.41) is 14.0. The van der Waals surface area contributed by atoms with E-state index in [0.29, 0.717) is 19.0 Å². The Hall–Kier alpha value is -0.853. The first-order valence-corrected chi connectivity index (χ1v) is 10.5. The fourth-order valence-corrected chi connectivity index (χ4v) is 3.33. The van der Waals surface area contributed by atoms with E-state index in [9.17, 15) is 5.11 Å².